The van der Waals surface area contributed by atoms with Crippen molar-refractivity contribution in [2.24, 2.45) is 5.73 Å². The van der Waals surface area contributed by atoms with E-state index in [-0.39, 0.29) is 18.0 Å². The van der Waals surface area contributed by atoms with Crippen molar-refractivity contribution in [2.75, 3.05) is 0 Å². The van der Waals surface area contributed by atoms with Crippen LogP contribution in [-0.2, 0) is 0 Å². The molecule has 0 radical (unpaired) electrons. The van der Waals surface area contributed by atoms with Crippen LogP contribution in [0.25, 0.3) is 0 Å². The molecule has 2 aromatic rings. The van der Waals surface area contributed by atoms with Crippen molar-refractivity contribution in [1.29, 1.82) is 0 Å². The van der Waals surface area contributed by atoms with E-state index < -0.39 is 0 Å². The molecule has 2 rings (SSSR count). The van der Waals surface area contributed by atoms with Crippen LogP contribution >= 0.6 is 11.6 Å². The summed E-state index contributed by atoms with van der Waals surface area (Å²) in [4.78, 5) is 0. The number of nitrogens with two attached hydrogens (primary N) is 1. The highest BCUT2D eigenvalue weighted by Crippen LogP contribution is 2.26. The number of halogens is 2. The van der Waals surface area contributed by atoms with E-state index in [1.165, 1.54) is 12.1 Å². The lowest BCUT2D eigenvalue weighted by molar-refractivity contribution is 0.189. The number of ether oxygens (including phenoxy) is 1. The quantitative estimate of drug-likeness (QED) is 0.914. The largest absolute Gasteiger partial charge is 0.488 e. The molecule has 4 heteroatoms. The maximum atomic E-state index is 12.9. The molecule has 0 aliphatic carbocycles. The third-order valence-corrected chi connectivity index (χ3v) is 3.46. The Labute approximate surface area is 123 Å². The molecule has 0 amide bonds. The molecule has 0 aliphatic rings. The number of aryl methyl sites for hydroxylation is 1. The van der Waals surface area contributed by atoms with Crippen LogP contribution in [0.4, 0.5) is 4.39 Å². The predicted molar refractivity (Wildman–Crippen MR) is 79.6 cm³/mol. The first-order valence-corrected chi connectivity index (χ1v) is 6.79. The minimum Gasteiger partial charge on any atom is -0.488 e. The van der Waals surface area contributed by atoms with E-state index >= 15 is 0 Å². The molecule has 2 nitrogen and oxygen atoms in total. The minimum absolute atomic E-state index is 0.252. The van der Waals surface area contributed by atoms with Crippen LogP contribution in [-0.4, -0.2) is 6.10 Å². The molecule has 2 N–H and O–H groups in total. The van der Waals surface area contributed by atoms with Gasteiger partial charge >= 0.3 is 0 Å². The Hall–Kier alpha value is -1.58. The smallest absolute Gasteiger partial charge is 0.124 e. The highest BCUT2D eigenvalue weighted by molar-refractivity contribution is 6.30. The van der Waals surface area contributed by atoms with Crippen LogP contribution in [0, 0.1) is 12.7 Å². The summed E-state index contributed by atoms with van der Waals surface area (Å²) >= 11 is 5.96. The van der Waals surface area contributed by atoms with Crippen molar-refractivity contribution < 1.29 is 9.13 Å². The fraction of sp³-hybridized carbons (Fsp3) is 0.250. The molecule has 0 spiro atoms. The van der Waals surface area contributed by atoms with Crippen molar-refractivity contribution in [3.63, 3.8) is 0 Å². The molecule has 2 unspecified atom stereocenters. The van der Waals surface area contributed by atoms with Gasteiger partial charge in [-0.15, -0.1) is 0 Å². The second-order valence-electron chi connectivity index (χ2n) is 4.81. The van der Waals surface area contributed by atoms with Crippen molar-refractivity contribution in [3.05, 3.63) is 64.4 Å². The van der Waals surface area contributed by atoms with E-state index in [1.807, 2.05) is 26.0 Å². The van der Waals surface area contributed by atoms with Crippen molar-refractivity contribution in [1.82, 2.24) is 0 Å². The fourth-order valence-electron chi connectivity index (χ4n) is 1.93. The summed E-state index contributed by atoms with van der Waals surface area (Å²) in [6, 6.07) is 11.3. The maximum absolute atomic E-state index is 12.9. The zero-order chi connectivity index (χ0) is 14.7. The maximum Gasteiger partial charge on any atom is 0.124 e. The standard InChI is InChI=1S/C16H17ClFNO/c1-10-3-6-13(17)9-15(10)20-11(2)16(19)12-4-7-14(18)8-5-12/h3-9,11,16H,19H2,1-2H3. The second-order valence-corrected chi connectivity index (χ2v) is 5.25. The molecule has 0 fully saturated rings. The van der Waals surface area contributed by atoms with Crippen molar-refractivity contribution >= 4 is 11.6 Å². The molecular weight excluding hydrogens is 277 g/mol. The highest BCUT2D eigenvalue weighted by atomic mass is 35.5. The van der Waals surface area contributed by atoms with E-state index in [0.29, 0.717) is 10.8 Å². The normalized spacial score (nSPS) is 13.8. The first-order chi connectivity index (χ1) is 9.47. The Morgan fingerprint density at radius 3 is 2.45 bits per heavy atom. The lowest BCUT2D eigenvalue weighted by Gasteiger charge is -2.23. The van der Waals surface area contributed by atoms with Gasteiger partial charge in [-0.05, 0) is 49.2 Å². The summed E-state index contributed by atoms with van der Waals surface area (Å²) < 4.78 is 18.8. The minimum atomic E-state index is -0.339. The van der Waals surface area contributed by atoms with E-state index in [2.05, 4.69) is 0 Å². The van der Waals surface area contributed by atoms with Gasteiger partial charge in [0.2, 0.25) is 0 Å². The summed E-state index contributed by atoms with van der Waals surface area (Å²) in [5, 5.41) is 0.619. The molecule has 0 aromatic heterocycles. The van der Waals surface area contributed by atoms with Crippen molar-refractivity contribution in [3.8, 4) is 5.75 Å². The van der Waals surface area contributed by atoms with Crippen LogP contribution in [0.5, 0.6) is 5.75 Å². The van der Waals surface area contributed by atoms with Crippen molar-refractivity contribution in [2.45, 2.75) is 26.0 Å². The number of benzene rings is 2. The lowest BCUT2D eigenvalue weighted by Crippen LogP contribution is -2.28. The third kappa shape index (κ3) is 3.50. The van der Waals surface area contributed by atoms with Gasteiger partial charge in [0.1, 0.15) is 17.7 Å². The number of hydrogen-bond acceptors (Lipinski definition) is 2. The van der Waals surface area contributed by atoms with Gasteiger partial charge < -0.3 is 10.5 Å². The lowest BCUT2D eigenvalue weighted by atomic mass is 10.0. The Morgan fingerprint density at radius 2 is 1.80 bits per heavy atom. The van der Waals surface area contributed by atoms with Gasteiger partial charge in [-0.3, -0.25) is 0 Å². The summed E-state index contributed by atoms with van der Waals surface area (Å²) in [5.41, 5.74) is 7.97. The average Bonchev–Trinajstić information content (AvgIpc) is 2.43. The van der Waals surface area contributed by atoms with E-state index in [0.717, 1.165) is 11.1 Å². The molecule has 0 heterocycles. The van der Waals surface area contributed by atoms with Gasteiger partial charge in [0, 0.05) is 5.02 Å². The van der Waals surface area contributed by atoms with E-state index in [4.69, 9.17) is 22.1 Å². The fourth-order valence-corrected chi connectivity index (χ4v) is 2.09. The Morgan fingerprint density at radius 1 is 1.15 bits per heavy atom. The predicted octanol–water partition coefficient (Wildman–Crippen LogP) is 4.25. The first-order valence-electron chi connectivity index (χ1n) is 6.41. The van der Waals surface area contributed by atoms with Gasteiger partial charge in [0.05, 0.1) is 6.04 Å². The van der Waals surface area contributed by atoms with Crippen LogP contribution in [0.15, 0.2) is 42.5 Å². The summed E-state index contributed by atoms with van der Waals surface area (Å²) in [6.45, 7) is 3.83. The molecule has 2 aromatic carbocycles. The third-order valence-electron chi connectivity index (χ3n) is 3.22. The van der Waals surface area contributed by atoms with Crippen LogP contribution < -0.4 is 10.5 Å². The average molecular weight is 294 g/mol. The van der Waals surface area contributed by atoms with Crippen LogP contribution in [0.1, 0.15) is 24.1 Å². The number of rotatable bonds is 4. The Kier molecular flexibility index (Phi) is 4.63. The van der Waals surface area contributed by atoms with Crippen LogP contribution in [0.2, 0.25) is 5.02 Å². The Bertz CT molecular complexity index is 586. The zero-order valence-corrected chi connectivity index (χ0v) is 12.2. The first kappa shape index (κ1) is 14.8. The zero-order valence-electron chi connectivity index (χ0n) is 11.4. The highest BCUT2D eigenvalue weighted by Gasteiger charge is 2.17. The van der Waals surface area contributed by atoms with Gasteiger partial charge in [0.15, 0.2) is 0 Å². The second kappa shape index (κ2) is 6.25. The summed E-state index contributed by atoms with van der Waals surface area (Å²) in [5.74, 6) is 0.433. The molecule has 2 atom stereocenters. The van der Waals surface area contributed by atoms with Gasteiger partial charge in [0.25, 0.3) is 0 Å². The van der Waals surface area contributed by atoms with Crippen LogP contribution in [0.3, 0.4) is 0 Å². The molecule has 0 aliphatic heterocycles. The molecule has 0 saturated heterocycles. The SMILES string of the molecule is Cc1ccc(Cl)cc1OC(C)C(N)c1ccc(F)cc1. The van der Waals surface area contributed by atoms with E-state index in [9.17, 15) is 4.39 Å². The molecule has 0 saturated carbocycles. The van der Waals surface area contributed by atoms with Gasteiger partial charge in [-0.1, -0.05) is 29.8 Å². The summed E-state index contributed by atoms with van der Waals surface area (Å²) in [6.07, 6.45) is -0.252. The van der Waals surface area contributed by atoms with E-state index in [1.54, 1.807) is 18.2 Å². The summed E-state index contributed by atoms with van der Waals surface area (Å²) in [7, 11) is 0. The topological polar surface area (TPSA) is 35.2 Å². The van der Waals surface area contributed by atoms with Gasteiger partial charge in [-0.25, -0.2) is 4.39 Å². The molecule has 0 bridgehead atoms. The monoisotopic (exact) mass is 293 g/mol. The molecule has 20 heavy (non-hydrogen) atoms. The number of hydrogen-bond donors (Lipinski definition) is 1. The molecule has 106 valence electrons. The van der Waals surface area contributed by atoms with Gasteiger partial charge in [-0.2, -0.15) is 0 Å². The molecular formula is C16H17ClFNO. The Balaban J connectivity index is 2.13.